The first-order valence-electron chi connectivity index (χ1n) is 2.58. The molecule has 0 aliphatic heterocycles. The van der Waals surface area contributed by atoms with Crippen LogP contribution in [0.15, 0.2) is 0 Å². The van der Waals surface area contributed by atoms with Gasteiger partial charge in [0, 0.05) is 0 Å². The van der Waals surface area contributed by atoms with E-state index in [0.29, 0.717) is 0 Å². The maximum Gasteiger partial charge on any atom is 0.438 e. The van der Waals surface area contributed by atoms with Gasteiger partial charge in [0.05, 0.1) is 0 Å². The minimum Gasteiger partial charge on any atom is -0.347 e. The zero-order chi connectivity index (χ0) is 11.1. The molecule has 2 unspecified atom stereocenters. The third-order valence-corrected chi connectivity index (χ3v) is 1.03. The van der Waals surface area contributed by atoms with Gasteiger partial charge < -0.3 is 9.68 Å². The first-order valence-corrected chi connectivity index (χ1v) is 4.79. The lowest BCUT2D eigenvalue weighted by Crippen LogP contribution is -2.32. The third kappa shape index (κ3) is 6.58. The molecule has 0 aliphatic carbocycles. The molecule has 82 valence electrons. The fourth-order valence-electron chi connectivity index (χ4n) is 0.230. The van der Waals surface area contributed by atoms with Gasteiger partial charge >= 0.3 is 11.9 Å². The van der Waals surface area contributed by atoms with Gasteiger partial charge in [-0.25, -0.2) is 18.0 Å². The van der Waals surface area contributed by atoms with Gasteiger partial charge in [-0.3, -0.25) is 9.11 Å². The summed E-state index contributed by atoms with van der Waals surface area (Å²) in [6, 6.07) is 0. The van der Waals surface area contributed by atoms with E-state index < -0.39 is 34.5 Å². The van der Waals surface area contributed by atoms with Gasteiger partial charge in [-0.15, -0.1) is 0 Å². The fraction of sp³-hybridized carbons (Fsp3) is 0. The molecule has 0 rings (SSSR count). The average Bonchev–Trinajstić information content (AvgIpc) is 2.09. The summed E-state index contributed by atoms with van der Waals surface area (Å²) >= 11 is -5.29. The van der Waals surface area contributed by atoms with E-state index in [4.69, 9.17) is 9.11 Å². The number of hydrogen-bond acceptors (Lipinski definition) is 6. The van der Waals surface area contributed by atoms with E-state index in [-0.39, 0.29) is 0 Å². The van der Waals surface area contributed by atoms with E-state index in [2.05, 4.69) is 9.68 Å². The van der Waals surface area contributed by atoms with Crippen molar-refractivity contribution in [2.75, 3.05) is 0 Å². The first-order chi connectivity index (χ1) is 6.43. The van der Waals surface area contributed by atoms with Crippen molar-refractivity contribution in [3.63, 3.8) is 0 Å². The van der Waals surface area contributed by atoms with E-state index in [1.54, 1.807) is 0 Å². The van der Waals surface area contributed by atoms with Crippen molar-refractivity contribution in [1.82, 2.24) is 9.77 Å². The average molecular weight is 248 g/mol. The van der Waals surface area contributed by atoms with Gasteiger partial charge in [0.1, 0.15) is 0 Å². The quantitative estimate of drug-likeness (QED) is 0.239. The zero-order valence-corrected chi connectivity index (χ0v) is 7.79. The van der Waals surface area contributed by atoms with Gasteiger partial charge in [-0.2, -0.15) is 0 Å². The van der Waals surface area contributed by atoms with E-state index in [9.17, 15) is 18.0 Å². The van der Waals surface area contributed by atoms with E-state index in [0.717, 1.165) is 0 Å². The Bertz CT molecular complexity index is 249. The molecule has 4 N–H and O–H groups in total. The largest absolute Gasteiger partial charge is 0.438 e. The van der Waals surface area contributed by atoms with Crippen LogP contribution in [0.2, 0.25) is 0 Å². The Hall–Kier alpha value is -0.920. The Morgan fingerprint density at radius 2 is 1.21 bits per heavy atom. The van der Waals surface area contributed by atoms with Crippen LogP contribution in [0.25, 0.3) is 0 Å². The van der Waals surface area contributed by atoms with E-state index >= 15 is 0 Å². The SMILES string of the molecule is O=C(ONS(=O)O)C(=O)ONS(=O)O. The highest BCUT2D eigenvalue weighted by Gasteiger charge is 2.19. The minimum absolute atomic E-state index is 1.23. The molecule has 12 heteroatoms. The molecule has 0 amide bonds. The summed E-state index contributed by atoms with van der Waals surface area (Å²) in [7, 11) is 0. The first kappa shape index (κ1) is 13.1. The summed E-state index contributed by atoms with van der Waals surface area (Å²) in [4.78, 5) is 30.6. The normalized spacial score (nSPS) is 14.1. The van der Waals surface area contributed by atoms with Gasteiger partial charge in [0.2, 0.25) is 0 Å². The summed E-state index contributed by atoms with van der Waals surface area (Å²) in [6.45, 7) is 0. The van der Waals surface area contributed by atoms with Crippen molar-refractivity contribution >= 4 is 34.5 Å². The lowest BCUT2D eigenvalue weighted by atomic mass is 10.7. The molecule has 2 atom stereocenters. The Labute approximate surface area is 81.7 Å². The van der Waals surface area contributed by atoms with Crippen molar-refractivity contribution in [3.8, 4) is 0 Å². The molecule has 0 radical (unpaired) electrons. The lowest BCUT2D eigenvalue weighted by Gasteiger charge is -2.00. The summed E-state index contributed by atoms with van der Waals surface area (Å²) in [6.07, 6.45) is 0. The zero-order valence-electron chi connectivity index (χ0n) is 6.16. The number of carbonyl (C=O) groups excluding carboxylic acids is 2. The molecule has 0 spiro atoms. The predicted octanol–water partition coefficient (Wildman–Crippen LogP) is -2.64. The second-order valence-electron chi connectivity index (χ2n) is 1.44. The Kier molecular flexibility index (Phi) is 6.09. The van der Waals surface area contributed by atoms with E-state index in [1.165, 1.54) is 9.77 Å². The summed E-state index contributed by atoms with van der Waals surface area (Å²) < 4.78 is 35.8. The molecule has 0 heterocycles. The van der Waals surface area contributed by atoms with Crippen molar-refractivity contribution in [2.24, 2.45) is 0 Å². The van der Waals surface area contributed by atoms with Crippen LogP contribution >= 0.6 is 0 Å². The van der Waals surface area contributed by atoms with Crippen LogP contribution in [0.4, 0.5) is 0 Å². The Balaban J connectivity index is 3.82. The second-order valence-corrected chi connectivity index (χ2v) is 2.77. The van der Waals surface area contributed by atoms with Gasteiger partial charge in [0.25, 0.3) is 22.5 Å². The predicted molar refractivity (Wildman–Crippen MR) is 40.0 cm³/mol. The van der Waals surface area contributed by atoms with Crippen LogP contribution in [-0.2, 0) is 41.8 Å². The number of rotatable bonds is 4. The topological polar surface area (TPSA) is 151 Å². The monoisotopic (exact) mass is 248 g/mol. The highest BCUT2D eigenvalue weighted by atomic mass is 32.2. The van der Waals surface area contributed by atoms with Crippen LogP contribution in [0.5, 0.6) is 0 Å². The lowest BCUT2D eigenvalue weighted by molar-refractivity contribution is -0.171. The van der Waals surface area contributed by atoms with Gasteiger partial charge in [-0.1, -0.05) is 0 Å². The molecule has 0 bridgehead atoms. The minimum atomic E-state index is -2.65. The second kappa shape index (κ2) is 6.52. The molecule has 0 aromatic rings. The van der Waals surface area contributed by atoms with Crippen LogP contribution in [0.1, 0.15) is 0 Å². The van der Waals surface area contributed by atoms with Gasteiger partial charge in [-0.05, 0) is 9.77 Å². The van der Waals surface area contributed by atoms with Crippen molar-refractivity contribution in [1.29, 1.82) is 0 Å². The molecule has 10 nitrogen and oxygen atoms in total. The molecule has 0 fully saturated rings. The standard InChI is InChI=1S/C2H4N2O8S2/c5-1(11-3-13(7)8)2(6)12-4-14(9)10/h3-4H,(H,7,8)(H,9,10). The molecular weight excluding hydrogens is 244 g/mol. The molecule has 0 aliphatic rings. The third-order valence-electron chi connectivity index (χ3n) is 0.578. The van der Waals surface area contributed by atoms with Crippen LogP contribution in [0, 0.1) is 0 Å². The summed E-state index contributed by atoms with van der Waals surface area (Å²) in [5, 5.41) is 0. The summed E-state index contributed by atoms with van der Waals surface area (Å²) in [5.74, 6) is -3.35. The fourth-order valence-corrected chi connectivity index (χ4v) is 0.524. The Morgan fingerprint density at radius 1 is 0.929 bits per heavy atom. The molecule has 0 saturated heterocycles. The van der Waals surface area contributed by atoms with Crippen LogP contribution in [-0.4, -0.2) is 29.5 Å². The maximum absolute atomic E-state index is 10.4. The van der Waals surface area contributed by atoms with Crippen molar-refractivity contribution in [3.05, 3.63) is 0 Å². The molecule has 0 aromatic heterocycles. The molecule has 0 saturated carbocycles. The maximum atomic E-state index is 10.4. The summed E-state index contributed by atoms with van der Waals surface area (Å²) in [5.41, 5.74) is 0. The smallest absolute Gasteiger partial charge is 0.347 e. The van der Waals surface area contributed by atoms with Gasteiger partial charge in [0.15, 0.2) is 0 Å². The number of carbonyl (C=O) groups is 2. The van der Waals surface area contributed by atoms with Crippen LogP contribution in [0.3, 0.4) is 0 Å². The van der Waals surface area contributed by atoms with Crippen molar-refractivity contribution in [2.45, 2.75) is 0 Å². The van der Waals surface area contributed by atoms with Crippen LogP contribution < -0.4 is 9.77 Å². The number of nitrogens with one attached hydrogen (secondary N) is 2. The molecule has 0 aromatic carbocycles. The van der Waals surface area contributed by atoms with E-state index in [1.807, 2.05) is 0 Å². The molecular formula is C2H4N2O8S2. The van der Waals surface area contributed by atoms with Crippen molar-refractivity contribution < 1.29 is 36.8 Å². The highest BCUT2D eigenvalue weighted by molar-refractivity contribution is 7.77. The Morgan fingerprint density at radius 3 is 1.43 bits per heavy atom. The molecule has 14 heavy (non-hydrogen) atoms. The highest BCUT2D eigenvalue weighted by Crippen LogP contribution is 1.80. The number of hydrogen-bond donors (Lipinski definition) is 4.